The van der Waals surface area contributed by atoms with Crippen LogP contribution in [0.3, 0.4) is 0 Å². The molecule has 0 aliphatic carbocycles. The molecule has 0 saturated carbocycles. The topological polar surface area (TPSA) is 51.0 Å². The summed E-state index contributed by atoms with van der Waals surface area (Å²) in [7, 11) is 3.77. The number of hydroxylamine groups is 2. The lowest BCUT2D eigenvalue weighted by molar-refractivity contribution is -0.863. The summed E-state index contributed by atoms with van der Waals surface area (Å²) in [5.74, 6) is 5.61. The Hall–Kier alpha value is -0.600. The van der Waals surface area contributed by atoms with E-state index in [-0.39, 0.29) is 17.1 Å². The fourth-order valence-corrected chi connectivity index (χ4v) is 1.87. The van der Waals surface area contributed by atoms with E-state index in [1.165, 1.54) is 0 Å². The molecule has 1 fully saturated rings. The molecule has 0 aromatic heterocycles. The summed E-state index contributed by atoms with van der Waals surface area (Å²) in [6.45, 7) is 2.19. The van der Waals surface area contributed by atoms with Gasteiger partial charge in [-0.15, -0.1) is 5.92 Å². The van der Waals surface area contributed by atoms with Gasteiger partial charge in [0, 0.05) is 0 Å². The van der Waals surface area contributed by atoms with Crippen molar-refractivity contribution in [1.29, 1.82) is 0 Å². The molecule has 4 unspecified atom stereocenters. The predicted octanol–water partition coefficient (Wildman–Crippen LogP) is -1.54. The summed E-state index contributed by atoms with van der Waals surface area (Å²) < 4.78 is 0. The Bertz CT molecular complexity index is 244. The molecule has 4 nitrogen and oxygen atoms in total. The molecule has 1 saturated heterocycles. The number of aliphatic hydroxyl groups is 1. The van der Waals surface area contributed by atoms with Crippen LogP contribution in [0.1, 0.15) is 13.3 Å². The average Bonchev–Trinajstić information content (AvgIpc) is 2.40. The Morgan fingerprint density at radius 3 is 2.64 bits per heavy atom. The summed E-state index contributed by atoms with van der Waals surface area (Å²) in [5.41, 5.74) is 0. The molecule has 0 bridgehead atoms. The third-order valence-corrected chi connectivity index (χ3v) is 2.79. The van der Waals surface area contributed by atoms with Crippen LogP contribution < -0.4 is 5.06 Å². The number of quaternary nitrogens is 1. The first kappa shape index (κ1) is 11.5. The van der Waals surface area contributed by atoms with Crippen molar-refractivity contribution in [3.8, 4) is 11.8 Å². The zero-order chi connectivity index (χ0) is 10.7. The summed E-state index contributed by atoms with van der Waals surface area (Å²) in [4.78, 5) is 1.90. The Morgan fingerprint density at radius 1 is 1.57 bits per heavy atom. The molecule has 1 rings (SSSR count). The molecule has 14 heavy (non-hydrogen) atoms. The van der Waals surface area contributed by atoms with Crippen LogP contribution in [-0.4, -0.2) is 48.8 Å². The molecule has 4 heteroatoms. The standard InChI is InChI=1S/C10H18N2O2/c1-4-5-6-8-10(13)9(11(2)3)7-12(8)14/h8-10,12-13H,6-7H2,1-3H3. The van der Waals surface area contributed by atoms with Crippen molar-refractivity contribution >= 4 is 0 Å². The van der Waals surface area contributed by atoms with Gasteiger partial charge >= 0.3 is 0 Å². The zero-order valence-corrected chi connectivity index (χ0v) is 8.95. The van der Waals surface area contributed by atoms with Gasteiger partial charge < -0.3 is 15.4 Å². The van der Waals surface area contributed by atoms with Gasteiger partial charge in [-0.2, -0.15) is 0 Å². The van der Waals surface area contributed by atoms with Crippen molar-refractivity contribution in [2.45, 2.75) is 31.5 Å². The normalized spacial score (nSPS) is 37.0. The SMILES string of the molecule is CC#CCC1C(O)C(N(C)C)C[NH+]1[O-]. The second kappa shape index (κ2) is 4.76. The van der Waals surface area contributed by atoms with E-state index in [4.69, 9.17) is 0 Å². The van der Waals surface area contributed by atoms with Crippen molar-refractivity contribution in [2.75, 3.05) is 20.6 Å². The van der Waals surface area contributed by atoms with Crippen molar-refractivity contribution in [1.82, 2.24) is 4.90 Å². The zero-order valence-electron chi connectivity index (χ0n) is 8.95. The van der Waals surface area contributed by atoms with Crippen LogP contribution in [0.25, 0.3) is 0 Å². The van der Waals surface area contributed by atoms with Crippen molar-refractivity contribution in [3.05, 3.63) is 5.21 Å². The predicted molar refractivity (Wildman–Crippen MR) is 54.5 cm³/mol. The molecular weight excluding hydrogens is 180 g/mol. The molecule has 1 aliphatic heterocycles. The van der Waals surface area contributed by atoms with E-state index in [2.05, 4.69) is 11.8 Å². The highest BCUT2D eigenvalue weighted by atomic mass is 16.5. The number of hydrogen-bond acceptors (Lipinski definition) is 3. The summed E-state index contributed by atoms with van der Waals surface area (Å²) in [5, 5.41) is 21.6. The Balaban J connectivity index is 2.63. The maximum Gasteiger partial charge on any atom is 0.128 e. The first-order chi connectivity index (χ1) is 6.57. The van der Waals surface area contributed by atoms with Gasteiger partial charge in [-0.1, -0.05) is 5.92 Å². The van der Waals surface area contributed by atoms with E-state index < -0.39 is 6.10 Å². The average molecular weight is 198 g/mol. The third kappa shape index (κ3) is 2.25. The molecule has 1 aliphatic rings. The number of likely N-dealkylation sites (N-methyl/N-ethyl adjacent to an activating group) is 1. The van der Waals surface area contributed by atoms with Crippen LogP contribution in [0.15, 0.2) is 0 Å². The van der Waals surface area contributed by atoms with Gasteiger partial charge in [-0.3, -0.25) is 4.90 Å². The van der Waals surface area contributed by atoms with Crippen LogP contribution in [0.2, 0.25) is 0 Å². The Morgan fingerprint density at radius 2 is 2.21 bits per heavy atom. The fraction of sp³-hybridized carbons (Fsp3) is 0.800. The second-order valence-corrected chi connectivity index (χ2v) is 3.93. The van der Waals surface area contributed by atoms with Crippen LogP contribution in [-0.2, 0) is 0 Å². The fourth-order valence-electron chi connectivity index (χ4n) is 1.87. The van der Waals surface area contributed by atoms with Gasteiger partial charge in [0.15, 0.2) is 0 Å². The van der Waals surface area contributed by atoms with Gasteiger partial charge in [0.1, 0.15) is 12.1 Å². The van der Waals surface area contributed by atoms with E-state index >= 15 is 0 Å². The molecule has 0 spiro atoms. The summed E-state index contributed by atoms with van der Waals surface area (Å²) >= 11 is 0. The van der Waals surface area contributed by atoms with Gasteiger partial charge in [-0.05, 0) is 21.0 Å². The van der Waals surface area contributed by atoms with Gasteiger partial charge in [0.2, 0.25) is 0 Å². The first-order valence-corrected chi connectivity index (χ1v) is 4.84. The minimum atomic E-state index is -0.557. The number of nitrogens with one attached hydrogen (secondary N) is 1. The molecule has 2 N–H and O–H groups in total. The van der Waals surface area contributed by atoms with Crippen LogP contribution in [0.4, 0.5) is 0 Å². The van der Waals surface area contributed by atoms with Gasteiger partial charge in [-0.25, -0.2) is 0 Å². The molecular formula is C10H18N2O2. The molecule has 1 heterocycles. The highest BCUT2D eigenvalue weighted by Gasteiger charge is 2.41. The molecule has 0 aromatic carbocycles. The van der Waals surface area contributed by atoms with E-state index in [1.54, 1.807) is 6.92 Å². The Kier molecular flexibility index (Phi) is 3.90. The van der Waals surface area contributed by atoms with E-state index in [0.717, 1.165) is 0 Å². The molecule has 80 valence electrons. The van der Waals surface area contributed by atoms with Gasteiger partial charge in [0.05, 0.1) is 19.0 Å². The second-order valence-electron chi connectivity index (χ2n) is 3.93. The number of aliphatic hydroxyl groups excluding tert-OH is 1. The maximum atomic E-state index is 11.6. The molecule has 0 radical (unpaired) electrons. The van der Waals surface area contributed by atoms with E-state index in [0.29, 0.717) is 13.0 Å². The monoisotopic (exact) mass is 198 g/mol. The molecule has 0 aromatic rings. The minimum Gasteiger partial charge on any atom is -0.634 e. The maximum absolute atomic E-state index is 11.6. The Labute approximate surface area is 85.1 Å². The summed E-state index contributed by atoms with van der Waals surface area (Å²) in [6.07, 6.45) is -0.0701. The highest BCUT2D eigenvalue weighted by molar-refractivity contribution is 5.00. The lowest BCUT2D eigenvalue weighted by Gasteiger charge is -2.23. The largest absolute Gasteiger partial charge is 0.634 e. The van der Waals surface area contributed by atoms with Crippen molar-refractivity contribution in [2.24, 2.45) is 0 Å². The van der Waals surface area contributed by atoms with E-state index in [9.17, 15) is 10.3 Å². The third-order valence-electron chi connectivity index (χ3n) is 2.79. The van der Waals surface area contributed by atoms with Gasteiger partial charge in [0.25, 0.3) is 0 Å². The van der Waals surface area contributed by atoms with Crippen molar-refractivity contribution in [3.63, 3.8) is 0 Å². The lowest BCUT2D eigenvalue weighted by atomic mass is 10.1. The van der Waals surface area contributed by atoms with Crippen LogP contribution >= 0.6 is 0 Å². The highest BCUT2D eigenvalue weighted by Crippen LogP contribution is 2.10. The minimum absolute atomic E-state index is 0.0360. The summed E-state index contributed by atoms with van der Waals surface area (Å²) in [6, 6.07) is -0.319. The molecule has 4 atom stereocenters. The number of hydrogen-bond donors (Lipinski definition) is 2. The van der Waals surface area contributed by atoms with Crippen molar-refractivity contribution < 1.29 is 10.2 Å². The van der Waals surface area contributed by atoms with Crippen LogP contribution in [0.5, 0.6) is 0 Å². The van der Waals surface area contributed by atoms with E-state index in [1.807, 2.05) is 19.0 Å². The smallest absolute Gasteiger partial charge is 0.128 e. The number of rotatable bonds is 2. The van der Waals surface area contributed by atoms with Crippen LogP contribution in [0, 0.1) is 17.0 Å². The number of nitrogens with zero attached hydrogens (tertiary/aromatic N) is 1. The first-order valence-electron chi connectivity index (χ1n) is 4.84. The quantitative estimate of drug-likeness (QED) is 0.417. The molecule has 0 amide bonds. The lowest BCUT2D eigenvalue weighted by Crippen LogP contribution is -3.10.